The van der Waals surface area contributed by atoms with Gasteiger partial charge in [-0.15, -0.1) is 0 Å². The van der Waals surface area contributed by atoms with Crippen LogP contribution in [0.1, 0.15) is 22.8 Å². The Morgan fingerprint density at radius 3 is 2.94 bits per heavy atom. The molecule has 0 amide bonds. The van der Waals surface area contributed by atoms with Gasteiger partial charge in [0.15, 0.2) is 5.78 Å². The highest BCUT2D eigenvalue weighted by atomic mass is 127. The van der Waals surface area contributed by atoms with Crippen molar-refractivity contribution in [2.24, 2.45) is 0 Å². The van der Waals surface area contributed by atoms with Crippen molar-refractivity contribution >= 4 is 44.3 Å². The average Bonchev–Trinajstić information content (AvgIpc) is 2.80. The third-order valence-electron chi connectivity index (χ3n) is 2.60. The van der Waals surface area contributed by atoms with E-state index >= 15 is 0 Å². The van der Waals surface area contributed by atoms with Crippen molar-refractivity contribution in [2.75, 3.05) is 0 Å². The van der Waals surface area contributed by atoms with Crippen LogP contribution in [-0.4, -0.2) is 15.6 Å². The van der Waals surface area contributed by atoms with Gasteiger partial charge in [0, 0.05) is 32.8 Å². The summed E-state index contributed by atoms with van der Waals surface area (Å²) < 4.78 is 3.73. The first-order chi connectivity index (χ1) is 8.60. The lowest BCUT2D eigenvalue weighted by Crippen LogP contribution is -2.04. The van der Waals surface area contributed by atoms with Crippen LogP contribution >= 0.6 is 38.5 Å². The highest BCUT2D eigenvalue weighted by molar-refractivity contribution is 14.1. The Balaban J connectivity index is 2.19. The van der Waals surface area contributed by atoms with Crippen LogP contribution in [0.15, 0.2) is 35.1 Å². The largest absolute Gasteiger partial charge is 0.294 e. The zero-order chi connectivity index (χ0) is 13.1. The second-order valence-corrected chi connectivity index (χ2v) is 6.03. The van der Waals surface area contributed by atoms with E-state index in [0.717, 1.165) is 25.7 Å². The van der Waals surface area contributed by atoms with E-state index in [9.17, 15) is 4.79 Å². The number of ketones is 1. The molecule has 5 heteroatoms. The molecule has 0 atom stereocenters. The van der Waals surface area contributed by atoms with Gasteiger partial charge in [0.1, 0.15) is 0 Å². The monoisotopic (exact) mass is 418 g/mol. The van der Waals surface area contributed by atoms with Crippen LogP contribution in [0.5, 0.6) is 0 Å². The Labute approximate surface area is 128 Å². The van der Waals surface area contributed by atoms with Gasteiger partial charge in [0.05, 0.1) is 6.20 Å². The summed E-state index contributed by atoms with van der Waals surface area (Å²) in [5.41, 5.74) is 1.68. The van der Waals surface area contributed by atoms with Gasteiger partial charge in [-0.05, 0) is 53.3 Å². The van der Waals surface area contributed by atoms with E-state index in [4.69, 9.17) is 0 Å². The van der Waals surface area contributed by atoms with Crippen molar-refractivity contribution < 1.29 is 4.79 Å². The zero-order valence-electron chi connectivity index (χ0n) is 9.86. The number of aromatic nitrogens is 2. The number of carbonyl (C=O) groups excluding carboxylic acids is 1. The number of benzene rings is 1. The molecule has 18 heavy (non-hydrogen) atoms. The van der Waals surface area contributed by atoms with E-state index in [-0.39, 0.29) is 5.78 Å². The average molecular weight is 419 g/mol. The van der Waals surface area contributed by atoms with Crippen molar-refractivity contribution in [2.45, 2.75) is 19.9 Å². The number of halogens is 2. The fourth-order valence-corrected chi connectivity index (χ4v) is 2.62. The summed E-state index contributed by atoms with van der Waals surface area (Å²) >= 11 is 5.63. The minimum Gasteiger partial charge on any atom is -0.294 e. The van der Waals surface area contributed by atoms with E-state index < -0.39 is 0 Å². The summed E-state index contributed by atoms with van der Waals surface area (Å²) in [5, 5.41) is 4.17. The number of hydrogen-bond donors (Lipinski definition) is 0. The summed E-state index contributed by atoms with van der Waals surface area (Å²) in [5.74, 6) is 0.107. The second kappa shape index (κ2) is 5.97. The van der Waals surface area contributed by atoms with Crippen LogP contribution in [0.2, 0.25) is 0 Å². The quantitative estimate of drug-likeness (QED) is 0.560. The molecule has 94 valence electrons. The molecular weight excluding hydrogens is 407 g/mol. The van der Waals surface area contributed by atoms with E-state index in [1.165, 1.54) is 0 Å². The lowest BCUT2D eigenvalue weighted by Gasteiger charge is -2.03. The van der Waals surface area contributed by atoms with Gasteiger partial charge in [0.25, 0.3) is 0 Å². The Bertz CT molecular complexity index is 580. The molecule has 0 fully saturated rings. The van der Waals surface area contributed by atoms with Gasteiger partial charge in [0.2, 0.25) is 0 Å². The summed E-state index contributed by atoms with van der Waals surface area (Å²) in [4.78, 5) is 12.2. The molecule has 1 aromatic heterocycles. The topological polar surface area (TPSA) is 34.9 Å². The normalized spacial score (nSPS) is 10.6. The van der Waals surface area contributed by atoms with Crippen LogP contribution in [0.4, 0.5) is 0 Å². The highest BCUT2D eigenvalue weighted by Crippen LogP contribution is 2.21. The van der Waals surface area contributed by atoms with Gasteiger partial charge in [-0.1, -0.05) is 15.9 Å². The van der Waals surface area contributed by atoms with Gasteiger partial charge in [-0.25, -0.2) is 0 Å². The molecule has 0 aliphatic rings. The van der Waals surface area contributed by atoms with E-state index in [1.54, 1.807) is 6.20 Å². The minimum absolute atomic E-state index is 0.107. The number of nitrogens with zero attached hydrogens (tertiary/aromatic N) is 2. The molecule has 0 bridgehead atoms. The summed E-state index contributed by atoms with van der Waals surface area (Å²) in [6, 6.07) is 5.78. The number of rotatable bonds is 4. The van der Waals surface area contributed by atoms with E-state index in [2.05, 4.69) is 43.6 Å². The maximum Gasteiger partial charge on any atom is 0.168 e. The third-order valence-corrected chi connectivity index (χ3v) is 3.97. The molecule has 0 saturated carbocycles. The summed E-state index contributed by atoms with van der Waals surface area (Å²) in [6.07, 6.45) is 4.06. The minimum atomic E-state index is 0.107. The van der Waals surface area contributed by atoms with Gasteiger partial charge in [-0.2, -0.15) is 5.10 Å². The standard InChI is InChI=1S/C13H12BrIN2O/c1-2-17-8-9(7-16-17)5-13(18)11-6-10(15)3-4-12(11)14/h3-4,6-8H,2,5H2,1H3. The van der Waals surface area contributed by atoms with Gasteiger partial charge >= 0.3 is 0 Å². The van der Waals surface area contributed by atoms with Gasteiger partial charge in [-0.3, -0.25) is 9.48 Å². The maximum absolute atomic E-state index is 12.2. The predicted molar refractivity (Wildman–Crippen MR) is 82.8 cm³/mol. The SMILES string of the molecule is CCn1cc(CC(=O)c2cc(I)ccc2Br)cn1. The Hall–Kier alpha value is -0.690. The molecule has 0 spiro atoms. The van der Waals surface area contributed by atoms with Crippen LogP contribution in [0, 0.1) is 3.57 Å². The molecule has 0 saturated heterocycles. The first-order valence-corrected chi connectivity index (χ1v) is 7.47. The molecule has 2 rings (SSSR count). The fraction of sp³-hybridized carbons (Fsp3) is 0.231. The molecule has 1 aromatic carbocycles. The fourth-order valence-electron chi connectivity index (χ4n) is 1.66. The third kappa shape index (κ3) is 3.20. The molecular formula is C13H12BrIN2O. The van der Waals surface area contributed by atoms with Gasteiger partial charge < -0.3 is 0 Å². The maximum atomic E-state index is 12.2. The molecule has 0 aliphatic carbocycles. The Morgan fingerprint density at radius 2 is 2.28 bits per heavy atom. The lowest BCUT2D eigenvalue weighted by molar-refractivity contribution is 0.0992. The summed E-state index contributed by atoms with van der Waals surface area (Å²) in [7, 11) is 0. The summed E-state index contributed by atoms with van der Waals surface area (Å²) in [6.45, 7) is 2.84. The first kappa shape index (κ1) is 13.7. The van der Waals surface area contributed by atoms with Crippen molar-refractivity contribution in [1.82, 2.24) is 9.78 Å². The molecule has 3 nitrogen and oxygen atoms in total. The molecule has 0 unspecified atom stereocenters. The molecule has 0 N–H and O–H groups in total. The zero-order valence-corrected chi connectivity index (χ0v) is 13.6. The van der Waals surface area contributed by atoms with Crippen LogP contribution in [0.25, 0.3) is 0 Å². The number of hydrogen-bond acceptors (Lipinski definition) is 2. The lowest BCUT2D eigenvalue weighted by atomic mass is 10.1. The van der Waals surface area contributed by atoms with Crippen LogP contribution in [-0.2, 0) is 13.0 Å². The van der Waals surface area contributed by atoms with Crippen LogP contribution in [0.3, 0.4) is 0 Å². The van der Waals surface area contributed by atoms with Crippen molar-refractivity contribution in [3.8, 4) is 0 Å². The molecule has 2 aromatic rings. The Morgan fingerprint density at radius 1 is 1.50 bits per heavy atom. The number of carbonyl (C=O) groups is 1. The van der Waals surface area contributed by atoms with E-state index in [1.807, 2.05) is 36.0 Å². The number of aryl methyl sites for hydroxylation is 1. The molecule has 0 radical (unpaired) electrons. The van der Waals surface area contributed by atoms with Crippen molar-refractivity contribution in [1.29, 1.82) is 0 Å². The Kier molecular flexibility index (Phi) is 4.55. The van der Waals surface area contributed by atoms with Crippen molar-refractivity contribution in [3.05, 3.63) is 49.8 Å². The van der Waals surface area contributed by atoms with Crippen LogP contribution < -0.4 is 0 Å². The second-order valence-electron chi connectivity index (χ2n) is 3.93. The van der Waals surface area contributed by atoms with Crippen molar-refractivity contribution in [3.63, 3.8) is 0 Å². The highest BCUT2D eigenvalue weighted by Gasteiger charge is 2.12. The van der Waals surface area contributed by atoms with E-state index in [0.29, 0.717) is 6.42 Å². The predicted octanol–water partition coefficient (Wildman–Crippen LogP) is 3.70. The first-order valence-electron chi connectivity index (χ1n) is 5.59. The molecule has 0 aliphatic heterocycles. The smallest absolute Gasteiger partial charge is 0.168 e. The number of Topliss-reactive ketones (excluding diaryl/α,β-unsaturated/α-hetero) is 1. The molecule has 1 heterocycles.